The SMILES string of the molecule is CCNC(=O)C(CC)N(Cc1ccc(Cl)cc1Cl)C(=O)CN(c1ccc(C)c(Cl)c1)S(=O)(=O)c1ccc(C)cc1. The summed E-state index contributed by atoms with van der Waals surface area (Å²) in [5, 5.41) is 3.87. The molecule has 0 aliphatic heterocycles. The maximum Gasteiger partial charge on any atom is 0.264 e. The van der Waals surface area contributed by atoms with Crippen molar-refractivity contribution in [2.45, 2.75) is 51.6 Å². The molecule has 0 bridgehead atoms. The number of anilines is 1. The van der Waals surface area contributed by atoms with Gasteiger partial charge >= 0.3 is 0 Å². The van der Waals surface area contributed by atoms with Gasteiger partial charge in [0.05, 0.1) is 10.6 Å². The van der Waals surface area contributed by atoms with Crippen molar-refractivity contribution >= 4 is 62.3 Å². The maximum absolute atomic E-state index is 14.0. The molecule has 0 heterocycles. The van der Waals surface area contributed by atoms with Crippen LogP contribution in [0.3, 0.4) is 0 Å². The van der Waals surface area contributed by atoms with Crippen LogP contribution in [0.5, 0.6) is 0 Å². The molecule has 40 heavy (non-hydrogen) atoms. The number of sulfonamides is 1. The highest BCUT2D eigenvalue weighted by Gasteiger charge is 2.34. The predicted molar refractivity (Wildman–Crippen MR) is 162 cm³/mol. The molecule has 0 saturated carbocycles. The van der Waals surface area contributed by atoms with Crippen molar-refractivity contribution in [3.63, 3.8) is 0 Å². The fourth-order valence-electron chi connectivity index (χ4n) is 4.15. The Kier molecular flexibility index (Phi) is 10.9. The molecule has 0 saturated heterocycles. The number of benzene rings is 3. The Bertz CT molecular complexity index is 1480. The van der Waals surface area contributed by atoms with Crippen LogP contribution in [-0.4, -0.2) is 44.3 Å². The van der Waals surface area contributed by atoms with Gasteiger partial charge in [-0.25, -0.2) is 8.42 Å². The van der Waals surface area contributed by atoms with Crippen LogP contribution in [-0.2, 0) is 26.2 Å². The van der Waals surface area contributed by atoms with Gasteiger partial charge in [-0.15, -0.1) is 0 Å². The molecule has 0 aliphatic rings. The van der Waals surface area contributed by atoms with Crippen molar-refractivity contribution in [1.82, 2.24) is 10.2 Å². The molecule has 3 aromatic rings. The van der Waals surface area contributed by atoms with Crippen molar-refractivity contribution in [2.24, 2.45) is 0 Å². The van der Waals surface area contributed by atoms with Crippen molar-refractivity contribution in [1.29, 1.82) is 0 Å². The quantitative estimate of drug-likeness (QED) is 0.267. The van der Waals surface area contributed by atoms with Gasteiger partial charge in [0.1, 0.15) is 12.6 Å². The number of aryl methyl sites for hydroxylation is 2. The summed E-state index contributed by atoms with van der Waals surface area (Å²) in [7, 11) is -4.20. The highest BCUT2D eigenvalue weighted by Crippen LogP contribution is 2.29. The summed E-state index contributed by atoms with van der Waals surface area (Å²) >= 11 is 18.9. The van der Waals surface area contributed by atoms with Crippen molar-refractivity contribution in [3.05, 3.63) is 92.4 Å². The van der Waals surface area contributed by atoms with Gasteiger partial charge < -0.3 is 10.2 Å². The summed E-state index contributed by atoms with van der Waals surface area (Å²) in [6.07, 6.45) is 0.295. The number of likely N-dealkylation sites (N-methyl/N-ethyl adjacent to an activating group) is 1. The Balaban J connectivity index is 2.10. The first-order valence-electron chi connectivity index (χ1n) is 12.8. The van der Waals surface area contributed by atoms with E-state index in [4.69, 9.17) is 34.8 Å². The molecule has 0 aliphatic carbocycles. The number of hydrogen-bond donors (Lipinski definition) is 1. The van der Waals surface area contributed by atoms with Crippen LogP contribution >= 0.6 is 34.8 Å². The minimum absolute atomic E-state index is 0.0191. The molecule has 11 heteroatoms. The van der Waals surface area contributed by atoms with Crippen molar-refractivity contribution in [2.75, 3.05) is 17.4 Å². The number of amides is 2. The third-order valence-electron chi connectivity index (χ3n) is 6.42. The lowest BCUT2D eigenvalue weighted by molar-refractivity contribution is -0.140. The monoisotopic (exact) mass is 623 g/mol. The highest BCUT2D eigenvalue weighted by molar-refractivity contribution is 7.92. The van der Waals surface area contributed by atoms with E-state index in [-0.39, 0.29) is 23.0 Å². The molecule has 1 atom stereocenters. The van der Waals surface area contributed by atoms with Gasteiger partial charge in [0.25, 0.3) is 10.0 Å². The Hall–Kier alpha value is -2.78. The van der Waals surface area contributed by atoms with Gasteiger partial charge in [0.15, 0.2) is 0 Å². The second-order valence-corrected chi connectivity index (χ2v) is 12.4. The molecule has 3 rings (SSSR count). The summed E-state index contributed by atoms with van der Waals surface area (Å²) in [5.41, 5.74) is 2.43. The number of rotatable bonds is 11. The topological polar surface area (TPSA) is 86.8 Å². The van der Waals surface area contributed by atoms with E-state index in [0.29, 0.717) is 33.6 Å². The van der Waals surface area contributed by atoms with Crippen LogP contribution < -0.4 is 9.62 Å². The molecule has 1 unspecified atom stereocenters. The van der Waals surface area contributed by atoms with Crippen molar-refractivity contribution < 1.29 is 18.0 Å². The van der Waals surface area contributed by atoms with E-state index in [9.17, 15) is 18.0 Å². The molecular weight excluding hydrogens is 593 g/mol. The lowest BCUT2D eigenvalue weighted by atomic mass is 10.1. The van der Waals surface area contributed by atoms with E-state index in [1.54, 1.807) is 63.2 Å². The van der Waals surface area contributed by atoms with Crippen LogP contribution in [0.15, 0.2) is 65.6 Å². The first kappa shape index (κ1) is 31.7. The zero-order valence-corrected chi connectivity index (χ0v) is 25.8. The summed E-state index contributed by atoms with van der Waals surface area (Å²) in [5.74, 6) is -0.939. The standard InChI is InChI=1S/C29H32Cl3N3O4S/c1-5-27(29(37)33-6-2)34(17-21-10-11-22(30)15-26(21)32)28(36)18-35(23-12-9-20(4)25(31)16-23)40(38,39)24-13-7-19(3)8-14-24/h7-16,27H,5-6,17-18H2,1-4H3,(H,33,37). The van der Waals surface area contributed by atoms with Gasteiger partial charge in [-0.1, -0.05) is 71.6 Å². The Labute approximate surface area is 251 Å². The minimum atomic E-state index is -4.20. The molecular formula is C29H32Cl3N3O4S. The Morgan fingerprint density at radius 1 is 0.900 bits per heavy atom. The van der Waals surface area contributed by atoms with E-state index < -0.39 is 28.5 Å². The molecule has 7 nitrogen and oxygen atoms in total. The zero-order chi connectivity index (χ0) is 29.6. The number of nitrogens with zero attached hydrogens (tertiary/aromatic N) is 2. The average molecular weight is 625 g/mol. The second kappa shape index (κ2) is 13.7. The second-order valence-electron chi connectivity index (χ2n) is 9.33. The predicted octanol–water partition coefficient (Wildman–Crippen LogP) is 6.40. The third-order valence-corrected chi connectivity index (χ3v) is 9.21. The molecule has 1 N–H and O–H groups in total. The first-order valence-corrected chi connectivity index (χ1v) is 15.3. The molecule has 0 spiro atoms. The van der Waals surface area contributed by atoms with Crippen LogP contribution in [0.1, 0.15) is 37.0 Å². The number of carbonyl (C=O) groups excluding carboxylic acids is 2. The van der Waals surface area contributed by atoms with E-state index >= 15 is 0 Å². The van der Waals surface area contributed by atoms with Gasteiger partial charge in [-0.05, 0) is 74.7 Å². The van der Waals surface area contributed by atoms with E-state index in [1.807, 2.05) is 6.92 Å². The fourth-order valence-corrected chi connectivity index (χ4v) is 6.20. The van der Waals surface area contributed by atoms with Crippen LogP contribution in [0.25, 0.3) is 0 Å². The third kappa shape index (κ3) is 7.49. The number of hydrogen-bond acceptors (Lipinski definition) is 4. The number of halogens is 3. The molecule has 0 aromatic heterocycles. The lowest BCUT2D eigenvalue weighted by Gasteiger charge is -2.33. The first-order chi connectivity index (χ1) is 18.9. The fraction of sp³-hybridized carbons (Fsp3) is 0.310. The van der Waals surface area contributed by atoms with Gasteiger partial charge in [-0.2, -0.15) is 0 Å². The average Bonchev–Trinajstić information content (AvgIpc) is 2.90. The normalized spacial score (nSPS) is 12.1. The molecule has 214 valence electrons. The minimum Gasteiger partial charge on any atom is -0.355 e. The molecule has 2 amide bonds. The smallest absolute Gasteiger partial charge is 0.264 e. The number of nitrogens with one attached hydrogen (secondary N) is 1. The summed E-state index contributed by atoms with van der Waals surface area (Å²) in [4.78, 5) is 28.4. The summed E-state index contributed by atoms with van der Waals surface area (Å²) < 4.78 is 28.9. The highest BCUT2D eigenvalue weighted by atomic mass is 35.5. The van der Waals surface area contributed by atoms with Gasteiger partial charge in [-0.3, -0.25) is 13.9 Å². The zero-order valence-electron chi connectivity index (χ0n) is 22.7. The van der Waals surface area contributed by atoms with Gasteiger partial charge in [0, 0.05) is 28.2 Å². The maximum atomic E-state index is 14.0. The van der Waals surface area contributed by atoms with Crippen molar-refractivity contribution in [3.8, 4) is 0 Å². The summed E-state index contributed by atoms with van der Waals surface area (Å²) in [6, 6.07) is 15.2. The van der Waals surface area contributed by atoms with E-state index in [2.05, 4.69) is 5.32 Å². The van der Waals surface area contributed by atoms with E-state index in [1.165, 1.54) is 23.1 Å². The van der Waals surface area contributed by atoms with Gasteiger partial charge in [0.2, 0.25) is 11.8 Å². The van der Waals surface area contributed by atoms with Crippen LogP contribution in [0, 0.1) is 13.8 Å². The van der Waals surface area contributed by atoms with E-state index in [0.717, 1.165) is 15.4 Å². The lowest BCUT2D eigenvalue weighted by Crippen LogP contribution is -2.52. The largest absolute Gasteiger partial charge is 0.355 e. The number of carbonyl (C=O) groups is 2. The summed E-state index contributed by atoms with van der Waals surface area (Å²) in [6.45, 7) is 6.98. The molecule has 3 aromatic carbocycles. The Morgan fingerprint density at radius 2 is 1.57 bits per heavy atom. The molecule has 0 radical (unpaired) electrons. The van der Waals surface area contributed by atoms with Crippen LogP contribution in [0.4, 0.5) is 5.69 Å². The Morgan fingerprint density at radius 3 is 2.15 bits per heavy atom. The van der Waals surface area contributed by atoms with Crippen LogP contribution in [0.2, 0.25) is 15.1 Å². The molecule has 0 fully saturated rings.